The van der Waals surface area contributed by atoms with Crippen LogP contribution in [0.15, 0.2) is 24.8 Å². The van der Waals surface area contributed by atoms with Gasteiger partial charge in [-0.3, -0.25) is 18.8 Å². The summed E-state index contributed by atoms with van der Waals surface area (Å²) in [6.07, 6.45) is 7.54. The van der Waals surface area contributed by atoms with Gasteiger partial charge in [0, 0.05) is 36.1 Å². The zero-order valence-electron chi connectivity index (χ0n) is 15.1. The Balaban J connectivity index is 1.55. The third-order valence-electron chi connectivity index (χ3n) is 4.35. The van der Waals surface area contributed by atoms with E-state index in [0.29, 0.717) is 25.2 Å². The maximum atomic E-state index is 12.2. The van der Waals surface area contributed by atoms with E-state index in [0.717, 1.165) is 27.1 Å². The highest BCUT2D eigenvalue weighted by atomic mass is 127. The van der Waals surface area contributed by atoms with Gasteiger partial charge < -0.3 is 5.32 Å². The molecule has 1 N–H and O–H groups in total. The summed E-state index contributed by atoms with van der Waals surface area (Å²) in [7, 11) is 0. The summed E-state index contributed by atoms with van der Waals surface area (Å²) < 4.78 is 6.71. The van der Waals surface area contributed by atoms with Crippen LogP contribution in [0.25, 0.3) is 0 Å². The average molecular weight is 467 g/mol. The molecule has 0 unspecified atom stereocenters. The maximum absolute atomic E-state index is 12.2. The molecule has 26 heavy (non-hydrogen) atoms. The van der Waals surface area contributed by atoms with Gasteiger partial charge in [0.1, 0.15) is 0 Å². The number of rotatable bonds is 7. The van der Waals surface area contributed by atoms with Crippen LogP contribution in [0.1, 0.15) is 30.3 Å². The van der Waals surface area contributed by atoms with Crippen molar-refractivity contribution >= 4 is 34.2 Å². The molecule has 0 bridgehead atoms. The Bertz CT molecular complexity index is 908. The second-order valence-corrected chi connectivity index (χ2v) is 7.26. The molecule has 1 amide bonds. The van der Waals surface area contributed by atoms with Crippen molar-refractivity contribution in [2.24, 2.45) is 0 Å². The second kappa shape index (κ2) is 8.02. The zero-order chi connectivity index (χ0) is 18.7. The van der Waals surface area contributed by atoms with Crippen molar-refractivity contribution in [1.82, 2.24) is 29.3 Å². The Hall–Kier alpha value is -2.17. The lowest BCUT2D eigenvalue weighted by Crippen LogP contribution is -2.15. The lowest BCUT2D eigenvalue weighted by atomic mass is 10.2. The van der Waals surface area contributed by atoms with Gasteiger partial charge in [0.15, 0.2) is 0 Å². The Morgan fingerprint density at radius 1 is 1.12 bits per heavy atom. The van der Waals surface area contributed by atoms with Crippen LogP contribution in [0.3, 0.4) is 0 Å². The number of nitrogens with zero attached hydrogens (tertiary/aromatic N) is 6. The van der Waals surface area contributed by atoms with Crippen LogP contribution in [0, 0.1) is 17.4 Å². The molecular formula is C17H22IN7O. The van der Waals surface area contributed by atoms with Crippen molar-refractivity contribution in [3.05, 3.63) is 45.3 Å². The lowest BCUT2D eigenvalue weighted by Gasteiger charge is -2.05. The zero-order valence-corrected chi connectivity index (χ0v) is 17.3. The molecule has 9 heteroatoms. The normalized spacial score (nSPS) is 11.1. The van der Waals surface area contributed by atoms with E-state index >= 15 is 0 Å². The highest BCUT2D eigenvalue weighted by Gasteiger charge is 2.10. The van der Waals surface area contributed by atoms with Gasteiger partial charge in [-0.2, -0.15) is 15.3 Å². The molecule has 3 aromatic rings. The third kappa shape index (κ3) is 4.14. The molecule has 0 saturated carbocycles. The first kappa shape index (κ1) is 18.6. The number of aryl methyl sites for hydroxylation is 2. The molecule has 0 aromatic carbocycles. The number of hydrogen-bond acceptors (Lipinski definition) is 4. The molecule has 0 saturated heterocycles. The van der Waals surface area contributed by atoms with E-state index in [9.17, 15) is 4.79 Å². The molecule has 0 atom stereocenters. The number of halogens is 1. The van der Waals surface area contributed by atoms with E-state index in [1.54, 1.807) is 17.1 Å². The first-order valence-corrected chi connectivity index (χ1v) is 9.57. The van der Waals surface area contributed by atoms with Gasteiger partial charge in [-0.1, -0.05) is 0 Å². The van der Waals surface area contributed by atoms with Gasteiger partial charge >= 0.3 is 0 Å². The number of amides is 1. The summed E-state index contributed by atoms with van der Waals surface area (Å²) >= 11 is 2.24. The van der Waals surface area contributed by atoms with E-state index in [2.05, 4.69) is 57.1 Å². The van der Waals surface area contributed by atoms with Gasteiger partial charge in [-0.05, 0) is 43.4 Å². The predicted octanol–water partition coefficient (Wildman–Crippen LogP) is 2.59. The highest BCUT2D eigenvalue weighted by Crippen LogP contribution is 2.13. The van der Waals surface area contributed by atoms with Gasteiger partial charge in [-0.15, -0.1) is 0 Å². The fourth-order valence-electron chi connectivity index (χ4n) is 2.73. The van der Waals surface area contributed by atoms with Crippen molar-refractivity contribution in [2.45, 2.75) is 46.8 Å². The summed E-state index contributed by atoms with van der Waals surface area (Å²) in [5, 5.41) is 15.8. The molecule has 3 heterocycles. The van der Waals surface area contributed by atoms with Crippen LogP contribution in [-0.4, -0.2) is 35.2 Å². The minimum Gasteiger partial charge on any atom is -0.323 e. The van der Waals surface area contributed by atoms with E-state index < -0.39 is 0 Å². The molecule has 0 aliphatic carbocycles. The summed E-state index contributed by atoms with van der Waals surface area (Å²) in [6, 6.07) is 0. The molecule has 0 radical (unpaired) electrons. The van der Waals surface area contributed by atoms with Crippen LogP contribution in [0.4, 0.5) is 5.69 Å². The Labute approximate surface area is 165 Å². The van der Waals surface area contributed by atoms with Gasteiger partial charge in [0.25, 0.3) is 0 Å². The van der Waals surface area contributed by atoms with Crippen molar-refractivity contribution in [3.8, 4) is 0 Å². The van der Waals surface area contributed by atoms with E-state index in [4.69, 9.17) is 0 Å². The Morgan fingerprint density at radius 3 is 2.54 bits per heavy atom. The maximum Gasteiger partial charge on any atom is 0.226 e. The average Bonchev–Trinajstić information content (AvgIpc) is 3.29. The lowest BCUT2D eigenvalue weighted by molar-refractivity contribution is -0.116. The second-order valence-electron chi connectivity index (χ2n) is 6.10. The topological polar surface area (TPSA) is 82.6 Å². The Morgan fingerprint density at radius 2 is 1.88 bits per heavy atom. The number of hydrogen-bond donors (Lipinski definition) is 1. The fraction of sp³-hybridized carbons (Fsp3) is 0.412. The smallest absolute Gasteiger partial charge is 0.226 e. The molecule has 138 valence electrons. The molecule has 0 spiro atoms. The van der Waals surface area contributed by atoms with E-state index in [1.165, 1.54) is 0 Å². The summed E-state index contributed by atoms with van der Waals surface area (Å²) in [4.78, 5) is 12.2. The quantitative estimate of drug-likeness (QED) is 0.542. The van der Waals surface area contributed by atoms with Gasteiger partial charge in [0.2, 0.25) is 5.91 Å². The molecule has 3 aromatic heterocycles. The van der Waals surface area contributed by atoms with Crippen LogP contribution in [0.2, 0.25) is 0 Å². The summed E-state index contributed by atoms with van der Waals surface area (Å²) in [5.41, 5.74) is 4.03. The van der Waals surface area contributed by atoms with E-state index in [-0.39, 0.29) is 5.91 Å². The van der Waals surface area contributed by atoms with Crippen molar-refractivity contribution < 1.29 is 4.79 Å². The largest absolute Gasteiger partial charge is 0.323 e. The first-order chi connectivity index (χ1) is 12.5. The molecule has 3 rings (SSSR count). The van der Waals surface area contributed by atoms with Crippen LogP contribution in [0.5, 0.6) is 0 Å². The minimum absolute atomic E-state index is 0.0514. The minimum atomic E-state index is -0.0514. The monoisotopic (exact) mass is 467 g/mol. The highest BCUT2D eigenvalue weighted by molar-refractivity contribution is 14.1. The van der Waals surface area contributed by atoms with Crippen LogP contribution >= 0.6 is 22.6 Å². The van der Waals surface area contributed by atoms with Gasteiger partial charge in [-0.25, -0.2) is 0 Å². The number of nitrogens with one attached hydrogen (secondary N) is 1. The number of aromatic nitrogens is 6. The standard InChI is InChI=1S/C17H22IN7O/c1-4-24-12(2)14(7-20-24)10-23-11-15(8-19-23)22-17(26)5-6-25-13(3)16(18)9-21-25/h7-9,11H,4-6,10H2,1-3H3,(H,22,26). The number of carbonyl (C=O) groups is 1. The van der Waals surface area contributed by atoms with Gasteiger partial charge in [0.05, 0.1) is 40.9 Å². The number of anilines is 1. The fourth-order valence-corrected chi connectivity index (χ4v) is 3.13. The van der Waals surface area contributed by atoms with Crippen molar-refractivity contribution in [2.75, 3.05) is 5.32 Å². The molecule has 0 aliphatic heterocycles. The van der Waals surface area contributed by atoms with Crippen molar-refractivity contribution in [3.63, 3.8) is 0 Å². The Kier molecular flexibility index (Phi) is 5.74. The predicted molar refractivity (Wildman–Crippen MR) is 107 cm³/mol. The van der Waals surface area contributed by atoms with Crippen LogP contribution < -0.4 is 5.32 Å². The first-order valence-electron chi connectivity index (χ1n) is 8.49. The number of carbonyl (C=O) groups excluding carboxylic acids is 1. The SMILES string of the molecule is CCn1ncc(Cn2cc(NC(=O)CCn3ncc(I)c3C)cn2)c1C. The summed E-state index contributed by atoms with van der Waals surface area (Å²) in [5.74, 6) is -0.0514. The molecule has 0 aliphatic rings. The van der Waals surface area contributed by atoms with Crippen molar-refractivity contribution in [1.29, 1.82) is 0 Å². The van der Waals surface area contributed by atoms with E-state index in [1.807, 2.05) is 28.7 Å². The summed E-state index contributed by atoms with van der Waals surface area (Å²) in [6.45, 7) is 8.16. The molecular weight excluding hydrogens is 445 g/mol. The third-order valence-corrected chi connectivity index (χ3v) is 5.41. The molecule has 0 fully saturated rings. The molecule has 8 nitrogen and oxygen atoms in total. The van der Waals surface area contributed by atoms with Crippen LogP contribution in [-0.2, 0) is 24.4 Å².